The molecule has 0 saturated heterocycles. The Kier molecular flexibility index (Phi) is 5.38. The summed E-state index contributed by atoms with van der Waals surface area (Å²) in [5.74, 6) is 2.62. The van der Waals surface area contributed by atoms with Crippen LogP contribution in [0.1, 0.15) is 5.56 Å². The Hall–Kier alpha value is -3.81. The topological polar surface area (TPSA) is 100 Å². The van der Waals surface area contributed by atoms with Gasteiger partial charge in [0.1, 0.15) is 17.3 Å². The van der Waals surface area contributed by atoms with Crippen molar-refractivity contribution in [3.8, 4) is 22.8 Å². The predicted molar refractivity (Wildman–Crippen MR) is 118 cm³/mol. The number of hydrogen-bond acceptors (Lipinski definition) is 7. The van der Waals surface area contributed by atoms with Gasteiger partial charge in [-0.3, -0.25) is 4.68 Å². The number of methoxy groups -OCH3 is 2. The maximum atomic E-state index is 6.26. The van der Waals surface area contributed by atoms with Crippen LogP contribution >= 0.6 is 0 Å². The van der Waals surface area contributed by atoms with Crippen molar-refractivity contribution < 1.29 is 9.47 Å². The van der Waals surface area contributed by atoms with Crippen molar-refractivity contribution in [2.45, 2.75) is 6.42 Å². The van der Waals surface area contributed by atoms with E-state index < -0.39 is 0 Å². The van der Waals surface area contributed by atoms with Crippen LogP contribution in [0.25, 0.3) is 22.3 Å². The van der Waals surface area contributed by atoms with Gasteiger partial charge in [-0.25, -0.2) is 4.98 Å². The molecule has 2 heterocycles. The summed E-state index contributed by atoms with van der Waals surface area (Å²) >= 11 is 0. The average Bonchev–Trinajstić information content (AvgIpc) is 3.07. The summed E-state index contributed by atoms with van der Waals surface area (Å²) in [6.07, 6.45) is 0.824. The molecule has 0 aliphatic heterocycles. The largest absolute Gasteiger partial charge is 0.497 e. The SMILES string of the molecule is COc1ccc(CCNc2nc(-c3cccc(OC)c3)c3c(N)n(C)nc3n2)cc1. The maximum absolute atomic E-state index is 6.26. The molecule has 0 radical (unpaired) electrons. The van der Waals surface area contributed by atoms with E-state index in [0.717, 1.165) is 34.6 Å². The van der Waals surface area contributed by atoms with E-state index in [9.17, 15) is 0 Å². The molecule has 2 aromatic heterocycles. The van der Waals surface area contributed by atoms with Crippen LogP contribution in [0, 0.1) is 0 Å². The van der Waals surface area contributed by atoms with E-state index >= 15 is 0 Å². The van der Waals surface area contributed by atoms with Gasteiger partial charge in [0.25, 0.3) is 0 Å². The zero-order valence-corrected chi connectivity index (χ0v) is 17.2. The van der Waals surface area contributed by atoms with E-state index in [1.54, 1.807) is 25.9 Å². The van der Waals surface area contributed by atoms with Gasteiger partial charge in [-0.15, -0.1) is 0 Å². The molecule has 0 unspecified atom stereocenters. The first-order valence-corrected chi connectivity index (χ1v) is 9.60. The van der Waals surface area contributed by atoms with Crippen LogP contribution in [0.5, 0.6) is 11.5 Å². The monoisotopic (exact) mass is 404 g/mol. The Bertz CT molecular complexity index is 1170. The lowest BCUT2D eigenvalue weighted by molar-refractivity contribution is 0.414. The second kappa shape index (κ2) is 8.28. The van der Waals surface area contributed by atoms with Gasteiger partial charge in [-0.05, 0) is 36.2 Å². The number of hydrogen-bond donors (Lipinski definition) is 2. The molecule has 0 spiro atoms. The lowest BCUT2D eigenvalue weighted by atomic mass is 10.1. The molecule has 0 aliphatic rings. The summed E-state index contributed by atoms with van der Waals surface area (Å²) in [5.41, 5.74) is 9.61. The molecule has 3 N–H and O–H groups in total. The Morgan fingerprint density at radius 3 is 2.50 bits per heavy atom. The molecule has 0 atom stereocenters. The van der Waals surface area contributed by atoms with Gasteiger partial charge in [0, 0.05) is 19.2 Å². The second-order valence-corrected chi connectivity index (χ2v) is 6.86. The zero-order valence-electron chi connectivity index (χ0n) is 17.2. The van der Waals surface area contributed by atoms with E-state index in [1.165, 1.54) is 5.56 Å². The number of nitrogen functional groups attached to an aromatic ring is 1. The third-order valence-corrected chi connectivity index (χ3v) is 4.94. The molecule has 0 saturated carbocycles. The Balaban J connectivity index is 1.63. The lowest BCUT2D eigenvalue weighted by Crippen LogP contribution is -2.09. The number of fused-ring (bicyclic) bond motifs is 1. The Labute approximate surface area is 174 Å². The summed E-state index contributed by atoms with van der Waals surface area (Å²) in [5, 5.41) is 8.48. The molecule has 8 heteroatoms. The van der Waals surface area contributed by atoms with Crippen molar-refractivity contribution >= 4 is 22.8 Å². The molecule has 0 fully saturated rings. The first-order chi connectivity index (χ1) is 14.6. The smallest absolute Gasteiger partial charge is 0.225 e. The minimum atomic E-state index is 0.506. The normalized spacial score (nSPS) is 10.9. The van der Waals surface area contributed by atoms with Crippen LogP contribution in [-0.4, -0.2) is 40.5 Å². The van der Waals surface area contributed by atoms with Crippen molar-refractivity contribution in [3.05, 3.63) is 54.1 Å². The summed E-state index contributed by atoms with van der Waals surface area (Å²) < 4.78 is 12.2. The highest BCUT2D eigenvalue weighted by Crippen LogP contribution is 2.32. The van der Waals surface area contributed by atoms with Gasteiger partial charge < -0.3 is 20.5 Å². The van der Waals surface area contributed by atoms with Gasteiger partial charge in [0.15, 0.2) is 5.65 Å². The summed E-state index contributed by atoms with van der Waals surface area (Å²) in [7, 11) is 5.09. The van der Waals surface area contributed by atoms with Gasteiger partial charge >= 0.3 is 0 Å². The van der Waals surface area contributed by atoms with Crippen LogP contribution < -0.4 is 20.5 Å². The van der Waals surface area contributed by atoms with Crippen LogP contribution in [0.15, 0.2) is 48.5 Å². The van der Waals surface area contributed by atoms with Crippen LogP contribution in [0.2, 0.25) is 0 Å². The number of ether oxygens (including phenoxy) is 2. The fraction of sp³-hybridized carbons (Fsp3) is 0.227. The molecule has 0 aliphatic carbocycles. The minimum absolute atomic E-state index is 0.506. The van der Waals surface area contributed by atoms with E-state index in [-0.39, 0.29) is 0 Å². The molecule has 30 heavy (non-hydrogen) atoms. The predicted octanol–water partition coefficient (Wildman–Crippen LogP) is 3.28. The van der Waals surface area contributed by atoms with Crippen molar-refractivity contribution in [2.24, 2.45) is 7.05 Å². The van der Waals surface area contributed by atoms with Crippen molar-refractivity contribution in [1.29, 1.82) is 0 Å². The Morgan fingerprint density at radius 2 is 1.77 bits per heavy atom. The van der Waals surface area contributed by atoms with Gasteiger partial charge in [-0.1, -0.05) is 24.3 Å². The molecule has 0 amide bonds. The number of rotatable bonds is 7. The van der Waals surface area contributed by atoms with Gasteiger partial charge in [0.2, 0.25) is 5.95 Å². The Morgan fingerprint density at radius 1 is 1.00 bits per heavy atom. The van der Waals surface area contributed by atoms with Crippen LogP contribution in [0.3, 0.4) is 0 Å². The van der Waals surface area contributed by atoms with Crippen LogP contribution in [0.4, 0.5) is 11.8 Å². The molecule has 0 bridgehead atoms. The van der Waals surface area contributed by atoms with E-state index in [1.807, 2.05) is 48.5 Å². The first kappa shape index (κ1) is 19.5. The molecule has 4 aromatic rings. The number of aryl methyl sites for hydroxylation is 1. The fourth-order valence-electron chi connectivity index (χ4n) is 3.28. The summed E-state index contributed by atoms with van der Waals surface area (Å²) in [4.78, 5) is 9.31. The zero-order chi connectivity index (χ0) is 21.1. The van der Waals surface area contributed by atoms with E-state index in [2.05, 4.69) is 15.4 Å². The fourth-order valence-corrected chi connectivity index (χ4v) is 3.28. The van der Waals surface area contributed by atoms with Gasteiger partial charge in [-0.2, -0.15) is 10.1 Å². The molecule has 154 valence electrons. The number of nitrogens with two attached hydrogens (primary N) is 1. The van der Waals surface area contributed by atoms with Gasteiger partial charge in [0.05, 0.1) is 25.3 Å². The highest BCUT2D eigenvalue weighted by Gasteiger charge is 2.17. The highest BCUT2D eigenvalue weighted by molar-refractivity contribution is 5.99. The average molecular weight is 404 g/mol. The molecular formula is C22H24N6O2. The summed E-state index contributed by atoms with van der Waals surface area (Å²) in [6, 6.07) is 15.7. The summed E-state index contributed by atoms with van der Waals surface area (Å²) in [6.45, 7) is 0.678. The number of anilines is 2. The maximum Gasteiger partial charge on any atom is 0.225 e. The van der Waals surface area contributed by atoms with E-state index in [0.29, 0.717) is 24.0 Å². The molecular weight excluding hydrogens is 380 g/mol. The number of benzene rings is 2. The number of nitrogens with one attached hydrogen (secondary N) is 1. The van der Waals surface area contributed by atoms with Crippen molar-refractivity contribution in [1.82, 2.24) is 19.7 Å². The highest BCUT2D eigenvalue weighted by atomic mass is 16.5. The van der Waals surface area contributed by atoms with Crippen LogP contribution in [-0.2, 0) is 13.5 Å². The third-order valence-electron chi connectivity index (χ3n) is 4.94. The number of aromatic nitrogens is 4. The van der Waals surface area contributed by atoms with E-state index in [4.69, 9.17) is 20.2 Å². The molecule has 8 nitrogen and oxygen atoms in total. The quantitative estimate of drug-likeness (QED) is 0.487. The molecule has 2 aromatic carbocycles. The first-order valence-electron chi connectivity index (χ1n) is 9.60. The van der Waals surface area contributed by atoms with Crippen molar-refractivity contribution in [2.75, 3.05) is 31.8 Å². The second-order valence-electron chi connectivity index (χ2n) is 6.86. The third kappa shape index (κ3) is 3.84. The number of nitrogens with zero attached hydrogens (tertiary/aromatic N) is 4. The van der Waals surface area contributed by atoms with Crippen molar-refractivity contribution in [3.63, 3.8) is 0 Å². The molecule has 4 rings (SSSR count). The minimum Gasteiger partial charge on any atom is -0.497 e. The standard InChI is InChI=1S/C22H24N6O2/c1-28-20(23)18-19(15-5-4-6-17(13-15)30-3)25-22(26-21(18)27-28)24-12-11-14-7-9-16(29-2)10-8-14/h4-10,13H,11-12,23H2,1-3H3,(H,24,26,27). The lowest BCUT2D eigenvalue weighted by Gasteiger charge is -2.10.